The summed E-state index contributed by atoms with van der Waals surface area (Å²) in [7, 11) is 0. The summed E-state index contributed by atoms with van der Waals surface area (Å²) >= 11 is 0. The van der Waals surface area contributed by atoms with Crippen LogP contribution in [-0.2, 0) is 9.53 Å². The summed E-state index contributed by atoms with van der Waals surface area (Å²) in [5.74, 6) is 1.87. The summed E-state index contributed by atoms with van der Waals surface area (Å²) in [6.45, 7) is 9.20. The number of piperazine rings is 1. The smallest absolute Gasteiger partial charge is 0.306 e. The lowest BCUT2D eigenvalue weighted by atomic mass is 9.71. The van der Waals surface area contributed by atoms with Gasteiger partial charge in [0.05, 0.1) is 6.17 Å². The number of carbonyl (C=O) groups excluding carboxylic acids is 1. The number of ether oxygens (including phenoxy) is 1. The SMILES string of the molecule is CC1CCC2C(CN3CCN(C4CCCCN4)CC3)CC(=O)OC2C1. The molecule has 4 rings (SSSR count). The highest BCUT2D eigenvalue weighted by molar-refractivity contribution is 5.70. The van der Waals surface area contributed by atoms with Crippen LogP contribution in [0.4, 0.5) is 0 Å². The van der Waals surface area contributed by atoms with Crippen LogP contribution in [0.15, 0.2) is 0 Å². The van der Waals surface area contributed by atoms with Crippen molar-refractivity contribution in [3.8, 4) is 0 Å². The molecule has 1 N–H and O–H groups in total. The third-order valence-electron chi connectivity index (χ3n) is 7.05. The number of nitrogens with one attached hydrogen (secondary N) is 1. The molecule has 5 heteroatoms. The minimum atomic E-state index is 0.0467. The van der Waals surface area contributed by atoms with Crippen molar-refractivity contribution in [1.29, 1.82) is 0 Å². The highest BCUT2D eigenvalue weighted by Crippen LogP contribution is 2.40. The molecule has 4 aliphatic rings. The lowest BCUT2D eigenvalue weighted by Crippen LogP contribution is -2.57. The van der Waals surface area contributed by atoms with E-state index in [-0.39, 0.29) is 12.1 Å². The Bertz CT molecular complexity index is 458. The Labute approximate surface area is 152 Å². The van der Waals surface area contributed by atoms with Gasteiger partial charge in [-0.15, -0.1) is 0 Å². The maximum Gasteiger partial charge on any atom is 0.306 e. The summed E-state index contributed by atoms with van der Waals surface area (Å²) in [6, 6.07) is 0. The molecular formula is C20H35N3O2. The molecule has 0 spiro atoms. The van der Waals surface area contributed by atoms with E-state index in [1.165, 1.54) is 51.7 Å². The van der Waals surface area contributed by atoms with Crippen molar-refractivity contribution in [3.63, 3.8) is 0 Å². The third-order valence-corrected chi connectivity index (χ3v) is 7.05. The number of piperidine rings is 1. The maximum absolute atomic E-state index is 12.1. The molecule has 1 saturated carbocycles. The van der Waals surface area contributed by atoms with Gasteiger partial charge >= 0.3 is 5.97 Å². The molecule has 3 saturated heterocycles. The van der Waals surface area contributed by atoms with Gasteiger partial charge in [-0.2, -0.15) is 0 Å². The van der Waals surface area contributed by atoms with Gasteiger partial charge < -0.3 is 15.0 Å². The molecular weight excluding hydrogens is 314 g/mol. The van der Waals surface area contributed by atoms with E-state index in [0.717, 1.165) is 26.1 Å². The first-order valence-electron chi connectivity index (χ1n) is 10.6. The van der Waals surface area contributed by atoms with Crippen molar-refractivity contribution in [3.05, 3.63) is 0 Å². The molecule has 5 nitrogen and oxygen atoms in total. The third kappa shape index (κ3) is 4.20. The highest BCUT2D eigenvalue weighted by Gasteiger charge is 2.42. The topological polar surface area (TPSA) is 44.8 Å². The first-order chi connectivity index (χ1) is 12.2. The van der Waals surface area contributed by atoms with Gasteiger partial charge in [0, 0.05) is 45.1 Å². The number of fused-ring (bicyclic) bond motifs is 1. The first kappa shape index (κ1) is 17.7. The van der Waals surface area contributed by atoms with Crippen LogP contribution < -0.4 is 5.32 Å². The van der Waals surface area contributed by atoms with Gasteiger partial charge in [-0.25, -0.2) is 0 Å². The van der Waals surface area contributed by atoms with Gasteiger partial charge in [-0.05, 0) is 50.5 Å². The van der Waals surface area contributed by atoms with Crippen LogP contribution in [0.25, 0.3) is 0 Å². The van der Waals surface area contributed by atoms with E-state index >= 15 is 0 Å². The number of carbonyl (C=O) groups is 1. The average Bonchev–Trinajstić information content (AvgIpc) is 2.62. The normalized spacial score (nSPS) is 41.2. The quantitative estimate of drug-likeness (QED) is 0.791. The van der Waals surface area contributed by atoms with Crippen LogP contribution in [-0.4, -0.2) is 67.3 Å². The second-order valence-electron chi connectivity index (χ2n) is 8.88. The minimum Gasteiger partial charge on any atom is -0.462 e. The Balaban J connectivity index is 1.29. The number of esters is 1. The fraction of sp³-hybridized carbons (Fsp3) is 0.950. The molecule has 0 aromatic rings. The molecule has 5 atom stereocenters. The van der Waals surface area contributed by atoms with Gasteiger partial charge in [0.15, 0.2) is 0 Å². The van der Waals surface area contributed by atoms with E-state index in [2.05, 4.69) is 22.0 Å². The molecule has 25 heavy (non-hydrogen) atoms. The number of hydrogen-bond acceptors (Lipinski definition) is 5. The largest absolute Gasteiger partial charge is 0.462 e. The summed E-state index contributed by atoms with van der Waals surface area (Å²) in [5.41, 5.74) is 0. The standard InChI is InChI=1S/C20H35N3O2/c1-15-5-6-17-16(13-20(24)25-18(17)12-15)14-22-8-10-23(11-9-22)19-4-2-3-7-21-19/h15-19,21H,2-14H2,1H3. The Morgan fingerprint density at radius 3 is 2.72 bits per heavy atom. The molecule has 0 aromatic heterocycles. The molecule has 142 valence electrons. The van der Waals surface area contributed by atoms with E-state index in [4.69, 9.17) is 4.74 Å². The van der Waals surface area contributed by atoms with E-state index in [0.29, 0.717) is 30.3 Å². The van der Waals surface area contributed by atoms with Crippen molar-refractivity contribution in [2.45, 2.75) is 64.1 Å². The van der Waals surface area contributed by atoms with Crippen LogP contribution in [0.3, 0.4) is 0 Å². The van der Waals surface area contributed by atoms with Crippen LogP contribution in [0.1, 0.15) is 51.9 Å². The summed E-state index contributed by atoms with van der Waals surface area (Å²) in [5, 5.41) is 3.68. The van der Waals surface area contributed by atoms with Crippen molar-refractivity contribution >= 4 is 5.97 Å². The first-order valence-corrected chi connectivity index (χ1v) is 10.6. The molecule has 3 heterocycles. The Morgan fingerprint density at radius 2 is 1.96 bits per heavy atom. The number of rotatable bonds is 3. The van der Waals surface area contributed by atoms with Crippen LogP contribution in [0.5, 0.6) is 0 Å². The highest BCUT2D eigenvalue weighted by atomic mass is 16.5. The molecule has 0 aromatic carbocycles. The summed E-state index contributed by atoms with van der Waals surface area (Å²) in [6.07, 6.45) is 9.06. The van der Waals surface area contributed by atoms with Crippen molar-refractivity contribution in [1.82, 2.24) is 15.1 Å². The predicted molar refractivity (Wildman–Crippen MR) is 98.1 cm³/mol. The molecule has 0 bridgehead atoms. The molecule has 0 radical (unpaired) electrons. The van der Waals surface area contributed by atoms with Crippen molar-refractivity contribution in [2.75, 3.05) is 39.3 Å². The predicted octanol–water partition coefficient (Wildman–Crippen LogP) is 2.07. The number of nitrogens with zero attached hydrogens (tertiary/aromatic N) is 2. The van der Waals surface area contributed by atoms with Crippen LogP contribution in [0.2, 0.25) is 0 Å². The Kier molecular flexibility index (Phi) is 5.63. The van der Waals surface area contributed by atoms with Gasteiger partial charge in [-0.3, -0.25) is 9.69 Å². The zero-order valence-electron chi connectivity index (χ0n) is 15.8. The zero-order valence-corrected chi connectivity index (χ0v) is 15.8. The van der Waals surface area contributed by atoms with Crippen LogP contribution >= 0.6 is 0 Å². The molecule has 5 unspecified atom stereocenters. The van der Waals surface area contributed by atoms with E-state index in [9.17, 15) is 4.79 Å². The minimum absolute atomic E-state index is 0.0467. The lowest BCUT2D eigenvalue weighted by Gasteiger charge is -2.46. The van der Waals surface area contributed by atoms with E-state index in [1.54, 1.807) is 0 Å². The van der Waals surface area contributed by atoms with Crippen molar-refractivity contribution in [2.24, 2.45) is 17.8 Å². The van der Waals surface area contributed by atoms with Gasteiger partial charge in [0.25, 0.3) is 0 Å². The summed E-state index contributed by atoms with van der Waals surface area (Å²) < 4.78 is 5.70. The van der Waals surface area contributed by atoms with Gasteiger partial charge in [0.2, 0.25) is 0 Å². The average molecular weight is 350 g/mol. The van der Waals surface area contributed by atoms with E-state index < -0.39 is 0 Å². The lowest BCUT2D eigenvalue weighted by molar-refractivity contribution is -0.168. The number of hydrogen-bond donors (Lipinski definition) is 1. The Morgan fingerprint density at radius 1 is 1.12 bits per heavy atom. The van der Waals surface area contributed by atoms with Gasteiger partial charge in [-0.1, -0.05) is 13.3 Å². The maximum atomic E-state index is 12.1. The van der Waals surface area contributed by atoms with Crippen LogP contribution in [0, 0.1) is 17.8 Å². The Hall–Kier alpha value is -0.650. The molecule has 4 fully saturated rings. The van der Waals surface area contributed by atoms with Crippen molar-refractivity contribution < 1.29 is 9.53 Å². The molecule has 0 amide bonds. The second-order valence-corrected chi connectivity index (χ2v) is 8.88. The van der Waals surface area contributed by atoms with E-state index in [1.807, 2.05) is 0 Å². The summed E-state index contributed by atoms with van der Waals surface area (Å²) in [4.78, 5) is 17.3. The fourth-order valence-corrected chi connectivity index (χ4v) is 5.54. The fourth-order valence-electron chi connectivity index (χ4n) is 5.54. The van der Waals surface area contributed by atoms with Gasteiger partial charge in [0.1, 0.15) is 6.10 Å². The molecule has 1 aliphatic carbocycles. The zero-order chi connectivity index (χ0) is 17.2. The molecule has 3 aliphatic heterocycles. The monoisotopic (exact) mass is 349 g/mol. The second kappa shape index (κ2) is 7.93.